The average Bonchev–Trinajstić information content (AvgIpc) is 3.05. The number of hydrogen-bond acceptors (Lipinski definition) is 4. The van der Waals surface area contributed by atoms with Gasteiger partial charge in [-0.25, -0.2) is 9.98 Å². The van der Waals surface area contributed by atoms with Crippen LogP contribution < -0.4 is 4.74 Å². The molecule has 0 saturated carbocycles. The zero-order chi connectivity index (χ0) is 17.9. The molecule has 1 unspecified atom stereocenters. The van der Waals surface area contributed by atoms with Crippen LogP contribution in [0.15, 0.2) is 52.4 Å². The predicted molar refractivity (Wildman–Crippen MR) is 101 cm³/mol. The Morgan fingerprint density at radius 3 is 2.56 bits per heavy atom. The molecule has 0 amide bonds. The Morgan fingerprint density at radius 2 is 1.92 bits per heavy atom. The Labute approximate surface area is 152 Å². The highest BCUT2D eigenvalue weighted by Gasteiger charge is 2.36. The van der Waals surface area contributed by atoms with Gasteiger partial charge in [0, 0.05) is 16.8 Å². The summed E-state index contributed by atoms with van der Waals surface area (Å²) in [6.07, 6.45) is 3.21. The molecule has 126 valence electrons. The minimum Gasteiger partial charge on any atom is -0.497 e. The van der Waals surface area contributed by atoms with Crippen molar-refractivity contribution in [1.82, 2.24) is 0 Å². The highest BCUT2D eigenvalue weighted by molar-refractivity contribution is 6.33. The van der Waals surface area contributed by atoms with Crippen molar-refractivity contribution in [3.8, 4) is 11.8 Å². The second-order valence-corrected chi connectivity index (χ2v) is 6.38. The summed E-state index contributed by atoms with van der Waals surface area (Å²) in [5, 5.41) is 10.2. The smallest absolute Gasteiger partial charge is 0.265 e. The minimum absolute atomic E-state index is 0.513. The van der Waals surface area contributed by atoms with Crippen LogP contribution in [0, 0.1) is 18.3 Å². The Kier molecular flexibility index (Phi) is 4.87. The van der Waals surface area contributed by atoms with Crippen molar-refractivity contribution < 1.29 is 4.74 Å². The van der Waals surface area contributed by atoms with E-state index < -0.39 is 5.66 Å². The molecule has 0 aliphatic carbocycles. The number of nitrogens with zero attached hydrogens (tertiary/aromatic N) is 3. The van der Waals surface area contributed by atoms with E-state index in [0.29, 0.717) is 17.0 Å². The van der Waals surface area contributed by atoms with E-state index in [1.807, 2.05) is 49.4 Å². The summed E-state index contributed by atoms with van der Waals surface area (Å²) in [4.78, 5) is 8.95. The van der Waals surface area contributed by atoms with Crippen LogP contribution in [0.2, 0.25) is 5.02 Å². The largest absolute Gasteiger partial charge is 0.497 e. The van der Waals surface area contributed by atoms with Gasteiger partial charge in [-0.05, 0) is 49.1 Å². The number of aryl methyl sites for hydroxylation is 2. The highest BCUT2D eigenvalue weighted by Crippen LogP contribution is 2.35. The maximum absolute atomic E-state index is 9.68. The van der Waals surface area contributed by atoms with Gasteiger partial charge in [0.05, 0.1) is 12.8 Å². The monoisotopic (exact) mass is 351 g/mol. The predicted octanol–water partition coefficient (Wildman–Crippen LogP) is 4.49. The number of halogens is 1. The Balaban J connectivity index is 1.78. The fourth-order valence-electron chi connectivity index (χ4n) is 2.77. The standard InChI is InChI=1S/C20H18ClN3O/c1-14-3-10-18(19(21)11-14)20(13-22)23-12-16(24-20)7-4-15-5-8-17(25-2)9-6-15/h3,5-6,8-12H,4,7H2,1-2H3. The van der Waals surface area contributed by atoms with Crippen LogP contribution in [0.4, 0.5) is 0 Å². The van der Waals surface area contributed by atoms with Crippen LogP contribution in [0.3, 0.4) is 0 Å². The van der Waals surface area contributed by atoms with Gasteiger partial charge >= 0.3 is 0 Å². The van der Waals surface area contributed by atoms with Crippen LogP contribution in [0.1, 0.15) is 23.1 Å². The molecule has 1 heterocycles. The first kappa shape index (κ1) is 17.2. The first-order chi connectivity index (χ1) is 12.1. The number of benzene rings is 2. The summed E-state index contributed by atoms with van der Waals surface area (Å²) in [7, 11) is 1.65. The summed E-state index contributed by atoms with van der Waals surface area (Å²) in [6, 6.07) is 15.7. The van der Waals surface area contributed by atoms with Crippen LogP contribution >= 0.6 is 11.6 Å². The lowest BCUT2D eigenvalue weighted by molar-refractivity contribution is 0.414. The number of aliphatic imine (C=N–C) groups is 2. The first-order valence-corrected chi connectivity index (χ1v) is 8.39. The summed E-state index contributed by atoms with van der Waals surface area (Å²) in [6.45, 7) is 1.95. The van der Waals surface area contributed by atoms with Gasteiger partial charge < -0.3 is 4.74 Å². The normalized spacial score (nSPS) is 18.7. The van der Waals surface area contributed by atoms with Crippen LogP contribution in [0.5, 0.6) is 5.75 Å². The summed E-state index contributed by atoms with van der Waals surface area (Å²) >= 11 is 6.32. The van der Waals surface area contributed by atoms with Crippen molar-refractivity contribution in [3.63, 3.8) is 0 Å². The number of ether oxygens (including phenoxy) is 1. The maximum atomic E-state index is 9.68. The van der Waals surface area contributed by atoms with Crippen LogP contribution in [-0.4, -0.2) is 19.0 Å². The summed E-state index contributed by atoms with van der Waals surface area (Å²) in [5.41, 5.74) is 2.37. The van der Waals surface area contributed by atoms with Crippen LogP contribution in [0.25, 0.3) is 0 Å². The van der Waals surface area contributed by atoms with Gasteiger partial charge in [-0.1, -0.05) is 35.9 Å². The van der Waals surface area contributed by atoms with E-state index in [-0.39, 0.29) is 0 Å². The van der Waals surface area contributed by atoms with E-state index in [4.69, 9.17) is 16.3 Å². The first-order valence-electron chi connectivity index (χ1n) is 8.01. The third kappa shape index (κ3) is 3.57. The second kappa shape index (κ2) is 7.08. The second-order valence-electron chi connectivity index (χ2n) is 5.98. The van der Waals surface area contributed by atoms with E-state index in [2.05, 4.69) is 16.1 Å². The average molecular weight is 352 g/mol. The topological polar surface area (TPSA) is 57.7 Å². The molecule has 0 radical (unpaired) electrons. The van der Waals surface area contributed by atoms with Crippen molar-refractivity contribution in [2.45, 2.75) is 25.4 Å². The van der Waals surface area contributed by atoms with Gasteiger partial charge in [-0.2, -0.15) is 5.26 Å². The van der Waals surface area contributed by atoms with Crippen molar-refractivity contribution in [3.05, 3.63) is 64.2 Å². The van der Waals surface area contributed by atoms with E-state index >= 15 is 0 Å². The molecule has 0 N–H and O–H groups in total. The lowest BCUT2D eigenvalue weighted by Crippen LogP contribution is -2.17. The van der Waals surface area contributed by atoms with Crippen molar-refractivity contribution in [2.24, 2.45) is 9.98 Å². The zero-order valence-electron chi connectivity index (χ0n) is 14.2. The van der Waals surface area contributed by atoms with Crippen molar-refractivity contribution in [2.75, 3.05) is 7.11 Å². The molecule has 2 aromatic carbocycles. The fourth-order valence-corrected chi connectivity index (χ4v) is 3.13. The summed E-state index contributed by atoms with van der Waals surface area (Å²) < 4.78 is 5.16. The number of methoxy groups -OCH3 is 1. The van der Waals surface area contributed by atoms with Gasteiger partial charge in [0.15, 0.2) is 0 Å². The third-order valence-corrected chi connectivity index (χ3v) is 4.50. The Bertz CT molecular complexity index is 881. The number of rotatable bonds is 5. The molecule has 1 atom stereocenters. The third-order valence-electron chi connectivity index (χ3n) is 4.19. The SMILES string of the molecule is COc1ccc(CCC2=NC(C#N)(c3ccc(C)cc3Cl)N=C2)cc1. The lowest BCUT2D eigenvalue weighted by Gasteiger charge is -2.16. The van der Waals surface area contributed by atoms with Gasteiger partial charge in [0.1, 0.15) is 11.8 Å². The summed E-state index contributed by atoms with van der Waals surface area (Å²) in [5.74, 6) is 0.834. The van der Waals surface area contributed by atoms with Crippen LogP contribution in [-0.2, 0) is 12.1 Å². The molecule has 0 fully saturated rings. The van der Waals surface area contributed by atoms with Gasteiger partial charge in [0.2, 0.25) is 0 Å². The molecule has 4 nitrogen and oxygen atoms in total. The van der Waals surface area contributed by atoms with E-state index in [0.717, 1.165) is 23.4 Å². The number of hydrogen-bond donors (Lipinski definition) is 0. The molecule has 0 spiro atoms. The maximum Gasteiger partial charge on any atom is 0.265 e. The number of nitriles is 1. The molecular weight excluding hydrogens is 334 g/mol. The Hall–Kier alpha value is -2.64. The molecule has 0 bridgehead atoms. The molecular formula is C20H18ClN3O. The van der Waals surface area contributed by atoms with E-state index in [1.54, 1.807) is 13.3 Å². The Morgan fingerprint density at radius 1 is 1.16 bits per heavy atom. The van der Waals surface area contributed by atoms with Gasteiger partial charge in [-0.3, -0.25) is 0 Å². The van der Waals surface area contributed by atoms with E-state index in [1.165, 1.54) is 5.56 Å². The highest BCUT2D eigenvalue weighted by atomic mass is 35.5. The lowest BCUT2D eigenvalue weighted by atomic mass is 10.0. The fraction of sp³-hybridized carbons (Fsp3) is 0.250. The van der Waals surface area contributed by atoms with Gasteiger partial charge in [-0.15, -0.1) is 0 Å². The van der Waals surface area contributed by atoms with Crippen molar-refractivity contribution >= 4 is 23.5 Å². The molecule has 1 aliphatic rings. The molecule has 25 heavy (non-hydrogen) atoms. The van der Waals surface area contributed by atoms with Crippen molar-refractivity contribution in [1.29, 1.82) is 5.26 Å². The molecule has 2 aromatic rings. The molecule has 5 heteroatoms. The molecule has 3 rings (SSSR count). The molecule has 0 saturated heterocycles. The molecule has 1 aliphatic heterocycles. The quantitative estimate of drug-likeness (QED) is 0.796. The van der Waals surface area contributed by atoms with Gasteiger partial charge in [0.25, 0.3) is 5.66 Å². The zero-order valence-corrected chi connectivity index (χ0v) is 14.9. The molecule has 0 aromatic heterocycles. The minimum atomic E-state index is -1.26. The van der Waals surface area contributed by atoms with E-state index in [9.17, 15) is 5.26 Å².